The van der Waals surface area contributed by atoms with E-state index in [1.165, 1.54) is 32.0 Å². The summed E-state index contributed by atoms with van der Waals surface area (Å²) < 4.78 is 74.7. The van der Waals surface area contributed by atoms with Crippen LogP contribution < -0.4 is 21.5 Å². The second-order valence-corrected chi connectivity index (χ2v) is 12.3. The van der Waals surface area contributed by atoms with E-state index >= 15 is 8.78 Å². The van der Waals surface area contributed by atoms with Crippen LogP contribution in [0.2, 0.25) is 10.0 Å². The molecule has 3 rings (SSSR count). The molecule has 0 spiro atoms. The molecule has 0 saturated heterocycles. The molecule has 3 aromatic rings. The summed E-state index contributed by atoms with van der Waals surface area (Å²) in [5.41, 5.74) is 15.1. The molecule has 0 bridgehead atoms. The summed E-state index contributed by atoms with van der Waals surface area (Å²) in [7, 11) is 0. The van der Waals surface area contributed by atoms with Gasteiger partial charge in [-0.05, 0) is 47.6 Å². The lowest BCUT2D eigenvalue weighted by Gasteiger charge is -2.39. The van der Waals surface area contributed by atoms with Crippen molar-refractivity contribution in [3.8, 4) is 5.75 Å². The van der Waals surface area contributed by atoms with Crippen LogP contribution in [0.15, 0.2) is 78.9 Å². The first kappa shape index (κ1) is 37.2. The predicted octanol–water partition coefficient (Wildman–Crippen LogP) is 6.65. The maximum atomic E-state index is 15.2. The van der Waals surface area contributed by atoms with Crippen molar-refractivity contribution in [2.24, 2.45) is 29.2 Å². The highest BCUT2D eigenvalue weighted by Crippen LogP contribution is 2.34. The molecule has 0 saturated carbocycles. The molecule has 46 heavy (non-hydrogen) atoms. The number of hydrogen-bond donors (Lipinski definition) is 3. The number of nitrogens with one attached hydrogen (secondary N) is 1. The number of rotatable bonds is 15. The molecule has 0 aliphatic heterocycles. The molecule has 5 N–H and O–H groups in total. The smallest absolute Gasteiger partial charge is 0.405 e. The maximum Gasteiger partial charge on any atom is 0.405 e. The van der Waals surface area contributed by atoms with E-state index in [9.17, 15) is 22.8 Å². The number of amides is 1. The van der Waals surface area contributed by atoms with Crippen molar-refractivity contribution in [1.82, 2.24) is 5.32 Å². The summed E-state index contributed by atoms with van der Waals surface area (Å²) in [4.78, 5) is 25.5. The molecule has 3 aromatic carbocycles. The van der Waals surface area contributed by atoms with Crippen molar-refractivity contribution in [1.29, 1.82) is 0 Å². The number of ketones is 1. The van der Waals surface area contributed by atoms with Gasteiger partial charge in [-0.2, -0.15) is 22.0 Å². The fourth-order valence-corrected chi connectivity index (χ4v) is 5.87. The van der Waals surface area contributed by atoms with Crippen LogP contribution in [-0.2, 0) is 22.4 Å². The van der Waals surface area contributed by atoms with Gasteiger partial charge in [-0.25, -0.2) is 0 Å². The molecule has 0 radical (unpaired) electrons. The topological polar surface area (TPSA) is 107 Å². The highest BCUT2D eigenvalue weighted by Gasteiger charge is 2.54. The van der Waals surface area contributed by atoms with E-state index in [1.54, 1.807) is 30.3 Å². The van der Waals surface area contributed by atoms with E-state index in [2.05, 4.69) is 0 Å². The van der Waals surface area contributed by atoms with Crippen molar-refractivity contribution in [3.63, 3.8) is 0 Å². The Morgan fingerprint density at radius 1 is 0.804 bits per heavy atom. The largest absolute Gasteiger partial charge is 0.488 e. The van der Waals surface area contributed by atoms with Crippen LogP contribution in [0.25, 0.3) is 0 Å². The fraction of sp³-hybridized carbons (Fsp3) is 0.394. The van der Waals surface area contributed by atoms with Crippen LogP contribution in [0, 0.1) is 17.8 Å². The monoisotopic (exact) mass is 687 g/mol. The van der Waals surface area contributed by atoms with E-state index < -0.39 is 66.3 Å². The van der Waals surface area contributed by atoms with E-state index in [1.807, 2.05) is 30.3 Å². The number of carbonyl (C=O) groups is 2. The number of benzene rings is 3. The number of ether oxygens (including phenoxy) is 1. The van der Waals surface area contributed by atoms with Crippen molar-refractivity contribution < 1.29 is 36.3 Å². The predicted molar refractivity (Wildman–Crippen MR) is 168 cm³/mol. The first-order valence-electron chi connectivity index (χ1n) is 14.5. The maximum absolute atomic E-state index is 15.2. The second-order valence-electron chi connectivity index (χ2n) is 11.5. The Balaban J connectivity index is 2.05. The minimum absolute atomic E-state index is 0.121. The summed E-state index contributed by atoms with van der Waals surface area (Å²) in [6.07, 6.45) is -5.45. The van der Waals surface area contributed by atoms with Crippen molar-refractivity contribution in [2.45, 2.75) is 57.0 Å². The Morgan fingerprint density at radius 2 is 1.30 bits per heavy atom. The van der Waals surface area contributed by atoms with Crippen LogP contribution >= 0.6 is 23.2 Å². The SMILES string of the molecule is CC(C)[C@H](C(=O)C(F)(F)C(=O)NCC(F)(F)F)C(N)[C@H](Cc1ccccc1)C(N)[C@@H](Cc1ccccc1)Oc1cc(Cl)cc(Cl)c1. The number of hydrogen-bond acceptors (Lipinski definition) is 5. The Labute approximate surface area is 274 Å². The molecular weight excluding hydrogens is 652 g/mol. The summed E-state index contributed by atoms with van der Waals surface area (Å²) >= 11 is 12.4. The summed E-state index contributed by atoms with van der Waals surface area (Å²) in [6, 6.07) is 20.2. The third kappa shape index (κ3) is 10.4. The first-order chi connectivity index (χ1) is 21.5. The molecule has 13 heteroatoms. The second kappa shape index (κ2) is 16.0. The summed E-state index contributed by atoms with van der Waals surface area (Å²) in [5.74, 6) is -12.2. The van der Waals surface area contributed by atoms with E-state index in [0.29, 0.717) is 10.0 Å². The minimum Gasteiger partial charge on any atom is -0.488 e. The average molecular weight is 689 g/mol. The molecule has 0 aromatic heterocycles. The van der Waals surface area contributed by atoms with Gasteiger partial charge in [-0.15, -0.1) is 0 Å². The molecular formula is C33H36Cl2F5N3O3. The number of carbonyl (C=O) groups excluding carboxylic acids is 2. The van der Waals surface area contributed by atoms with E-state index in [-0.39, 0.29) is 18.6 Å². The van der Waals surface area contributed by atoms with Gasteiger partial charge < -0.3 is 21.5 Å². The van der Waals surface area contributed by atoms with Gasteiger partial charge in [0.05, 0.1) is 0 Å². The molecule has 0 aliphatic carbocycles. The Kier molecular flexibility index (Phi) is 13.0. The average Bonchev–Trinajstić information content (AvgIpc) is 2.98. The Bertz CT molecular complexity index is 1430. The molecule has 0 fully saturated rings. The van der Waals surface area contributed by atoms with E-state index in [0.717, 1.165) is 16.4 Å². The van der Waals surface area contributed by atoms with Crippen LogP contribution in [0.5, 0.6) is 5.75 Å². The van der Waals surface area contributed by atoms with Crippen molar-refractivity contribution in [2.75, 3.05) is 6.54 Å². The van der Waals surface area contributed by atoms with Gasteiger partial charge in [0, 0.05) is 34.5 Å². The zero-order chi connectivity index (χ0) is 34.2. The first-order valence-corrected chi connectivity index (χ1v) is 15.2. The normalized spacial score (nSPS) is 15.5. The van der Waals surface area contributed by atoms with Gasteiger partial charge in [-0.3, -0.25) is 9.59 Å². The molecule has 5 atom stereocenters. The van der Waals surface area contributed by atoms with E-state index in [4.69, 9.17) is 39.4 Å². The van der Waals surface area contributed by atoms with Crippen LogP contribution in [0.1, 0.15) is 25.0 Å². The molecule has 0 aliphatic rings. The standard InChI is InChI=1S/C33H36Cl2F5N3O3/c1-19(2)27(30(44)33(39,40)31(45)43-18-32(36,37)38)29(42)25(13-20-9-5-3-6-10-20)28(41)26(14-21-11-7-4-8-12-21)46-24-16-22(34)15-23(35)17-24/h3-12,15-17,19,25-29H,13-14,18,41-42H2,1-2H3,(H,43,45)/t25-,26-,27+,28?,29?/m1/s1. The molecule has 6 nitrogen and oxygen atoms in total. The van der Waals surface area contributed by atoms with Crippen molar-refractivity contribution in [3.05, 3.63) is 100 Å². The quantitative estimate of drug-likeness (QED) is 0.123. The number of halogens is 7. The van der Waals surface area contributed by atoms with Gasteiger partial charge in [-0.1, -0.05) is 97.7 Å². The molecule has 250 valence electrons. The van der Waals surface area contributed by atoms with Gasteiger partial charge in [0.1, 0.15) is 18.4 Å². The Morgan fingerprint density at radius 3 is 1.78 bits per heavy atom. The number of nitrogens with two attached hydrogens (primary N) is 2. The zero-order valence-corrected chi connectivity index (χ0v) is 26.6. The lowest BCUT2D eigenvalue weighted by Crippen LogP contribution is -2.59. The van der Waals surface area contributed by atoms with Gasteiger partial charge >= 0.3 is 12.1 Å². The molecule has 1 amide bonds. The minimum atomic E-state index is -4.96. The Hall–Kier alpha value is -3.25. The fourth-order valence-electron chi connectivity index (χ4n) is 5.37. The summed E-state index contributed by atoms with van der Waals surface area (Å²) in [5, 5.41) is 1.70. The third-order valence-corrected chi connectivity index (χ3v) is 8.05. The van der Waals surface area contributed by atoms with Gasteiger partial charge in [0.2, 0.25) is 5.78 Å². The van der Waals surface area contributed by atoms with Gasteiger partial charge in [0.25, 0.3) is 5.91 Å². The summed E-state index contributed by atoms with van der Waals surface area (Å²) in [6.45, 7) is 0.896. The lowest BCUT2D eigenvalue weighted by molar-refractivity contribution is -0.167. The van der Waals surface area contributed by atoms with Crippen LogP contribution in [0.4, 0.5) is 22.0 Å². The van der Waals surface area contributed by atoms with Gasteiger partial charge in [0.15, 0.2) is 0 Å². The van der Waals surface area contributed by atoms with Crippen LogP contribution in [0.3, 0.4) is 0 Å². The van der Waals surface area contributed by atoms with Crippen LogP contribution in [-0.4, -0.2) is 48.5 Å². The highest BCUT2D eigenvalue weighted by molar-refractivity contribution is 6.34. The third-order valence-electron chi connectivity index (χ3n) is 7.62. The van der Waals surface area contributed by atoms with Crippen molar-refractivity contribution >= 4 is 34.9 Å². The number of Topliss-reactive ketones (excluding diaryl/α,β-unsaturated/α-hetero) is 1. The number of alkyl halides is 5. The lowest BCUT2D eigenvalue weighted by atomic mass is 9.72. The molecule has 0 heterocycles. The highest BCUT2D eigenvalue weighted by atomic mass is 35.5. The zero-order valence-electron chi connectivity index (χ0n) is 25.1. The molecule has 2 unspecified atom stereocenters.